The molecule has 0 saturated heterocycles. The fraction of sp³-hybridized carbons (Fsp3) is 0.133. The van der Waals surface area contributed by atoms with Crippen molar-refractivity contribution in [1.29, 1.82) is 0 Å². The van der Waals surface area contributed by atoms with E-state index in [-0.39, 0.29) is 5.78 Å². The van der Waals surface area contributed by atoms with Gasteiger partial charge in [0.1, 0.15) is 11.5 Å². The lowest BCUT2D eigenvalue weighted by Crippen LogP contribution is -1.97. The van der Waals surface area contributed by atoms with Crippen molar-refractivity contribution in [3.8, 4) is 11.5 Å². The summed E-state index contributed by atoms with van der Waals surface area (Å²) in [6, 6.07) is 12.6. The van der Waals surface area contributed by atoms with E-state index in [1.807, 2.05) is 25.1 Å². The first-order chi connectivity index (χ1) is 8.58. The molecule has 0 bridgehead atoms. The van der Waals surface area contributed by atoms with Crippen LogP contribution < -0.4 is 4.74 Å². The van der Waals surface area contributed by atoms with E-state index in [2.05, 4.69) is 0 Å². The second kappa shape index (κ2) is 5.23. The molecule has 2 aromatic carbocycles. The number of carbonyl (C=O) groups excluding carboxylic acids is 1. The van der Waals surface area contributed by atoms with Crippen LogP contribution in [-0.2, 0) is 0 Å². The number of ether oxygens (including phenoxy) is 1. The molecule has 2 nitrogen and oxygen atoms in total. The van der Waals surface area contributed by atoms with Gasteiger partial charge in [-0.2, -0.15) is 0 Å². The number of aryl methyl sites for hydroxylation is 1. The van der Waals surface area contributed by atoms with Gasteiger partial charge in [-0.05, 0) is 49.7 Å². The van der Waals surface area contributed by atoms with Crippen LogP contribution in [0.1, 0.15) is 22.8 Å². The quantitative estimate of drug-likeness (QED) is 0.752. The van der Waals surface area contributed by atoms with E-state index in [1.54, 1.807) is 24.3 Å². The Morgan fingerprint density at radius 3 is 2.50 bits per heavy atom. The zero-order valence-electron chi connectivity index (χ0n) is 10.2. The minimum Gasteiger partial charge on any atom is -0.456 e. The minimum atomic E-state index is -0.0165. The Bertz CT molecular complexity index is 591. The van der Waals surface area contributed by atoms with E-state index >= 15 is 0 Å². The maximum Gasteiger partial charge on any atom is 0.163 e. The van der Waals surface area contributed by atoms with Crippen LogP contribution in [0.15, 0.2) is 42.5 Å². The zero-order chi connectivity index (χ0) is 13.1. The molecule has 2 rings (SSSR count). The van der Waals surface area contributed by atoms with Gasteiger partial charge in [0.25, 0.3) is 0 Å². The molecule has 0 aliphatic rings. The monoisotopic (exact) mass is 260 g/mol. The van der Waals surface area contributed by atoms with Gasteiger partial charge >= 0.3 is 0 Å². The molecule has 18 heavy (non-hydrogen) atoms. The predicted molar refractivity (Wildman–Crippen MR) is 72.7 cm³/mol. The summed E-state index contributed by atoms with van der Waals surface area (Å²) in [7, 11) is 0. The summed E-state index contributed by atoms with van der Waals surface area (Å²) in [6.45, 7) is 3.44. The zero-order valence-corrected chi connectivity index (χ0v) is 11.0. The molecule has 0 fully saturated rings. The number of halogens is 1. The highest BCUT2D eigenvalue weighted by Crippen LogP contribution is 2.29. The number of benzene rings is 2. The van der Waals surface area contributed by atoms with Crippen LogP contribution in [0.3, 0.4) is 0 Å². The van der Waals surface area contributed by atoms with Crippen LogP contribution in [0, 0.1) is 6.92 Å². The first-order valence-corrected chi connectivity index (χ1v) is 5.99. The molecule has 0 aliphatic carbocycles. The SMILES string of the molecule is CC(=O)c1ccccc1Oc1ccc(Cl)cc1C. The normalized spacial score (nSPS) is 10.2. The molecule has 0 aliphatic heterocycles. The number of rotatable bonds is 3. The lowest BCUT2D eigenvalue weighted by Gasteiger charge is -2.11. The number of hydrogen-bond donors (Lipinski definition) is 0. The Morgan fingerprint density at radius 2 is 1.83 bits per heavy atom. The minimum absolute atomic E-state index is 0.0165. The highest BCUT2D eigenvalue weighted by atomic mass is 35.5. The number of carbonyl (C=O) groups is 1. The molecular formula is C15H13ClO2. The molecule has 0 radical (unpaired) electrons. The first kappa shape index (κ1) is 12.7. The third-order valence-corrected chi connectivity index (χ3v) is 2.86. The van der Waals surface area contributed by atoms with Crippen LogP contribution in [0.2, 0.25) is 5.02 Å². The Morgan fingerprint density at radius 1 is 1.11 bits per heavy atom. The van der Waals surface area contributed by atoms with Gasteiger partial charge in [0.15, 0.2) is 5.78 Å². The van der Waals surface area contributed by atoms with E-state index in [9.17, 15) is 4.79 Å². The molecule has 0 saturated carbocycles. The van der Waals surface area contributed by atoms with Gasteiger partial charge in [0.2, 0.25) is 0 Å². The predicted octanol–water partition coefficient (Wildman–Crippen LogP) is 4.64. The molecule has 0 atom stereocenters. The highest BCUT2D eigenvalue weighted by molar-refractivity contribution is 6.30. The molecule has 0 amide bonds. The molecular weight excluding hydrogens is 248 g/mol. The average Bonchev–Trinajstić information content (AvgIpc) is 2.33. The molecule has 2 aromatic rings. The lowest BCUT2D eigenvalue weighted by atomic mass is 10.1. The lowest BCUT2D eigenvalue weighted by molar-refractivity contribution is 0.101. The summed E-state index contributed by atoms with van der Waals surface area (Å²) in [6.07, 6.45) is 0. The molecule has 0 heterocycles. The van der Waals surface area contributed by atoms with Crippen molar-refractivity contribution in [2.75, 3.05) is 0 Å². The standard InChI is InChI=1S/C15H13ClO2/c1-10-9-12(16)7-8-14(10)18-15-6-4-3-5-13(15)11(2)17/h3-9H,1-2H3. The van der Waals surface area contributed by atoms with Crippen LogP contribution in [-0.4, -0.2) is 5.78 Å². The molecule has 0 aromatic heterocycles. The van der Waals surface area contributed by atoms with Crippen LogP contribution >= 0.6 is 11.6 Å². The van der Waals surface area contributed by atoms with Crippen molar-refractivity contribution in [3.63, 3.8) is 0 Å². The van der Waals surface area contributed by atoms with Crippen LogP contribution in [0.25, 0.3) is 0 Å². The third kappa shape index (κ3) is 2.71. The summed E-state index contributed by atoms with van der Waals surface area (Å²) >= 11 is 5.89. The number of Topliss-reactive ketones (excluding diaryl/α,β-unsaturated/α-hetero) is 1. The number of ketones is 1. The first-order valence-electron chi connectivity index (χ1n) is 5.62. The van der Waals surface area contributed by atoms with Gasteiger partial charge in [0.05, 0.1) is 5.56 Å². The van der Waals surface area contributed by atoms with Crippen molar-refractivity contribution in [3.05, 3.63) is 58.6 Å². The highest BCUT2D eigenvalue weighted by Gasteiger charge is 2.09. The third-order valence-electron chi connectivity index (χ3n) is 2.62. The molecule has 3 heteroatoms. The van der Waals surface area contributed by atoms with Gasteiger partial charge in [-0.25, -0.2) is 0 Å². The van der Waals surface area contributed by atoms with Gasteiger partial charge in [-0.15, -0.1) is 0 Å². The maximum absolute atomic E-state index is 11.5. The maximum atomic E-state index is 11.5. The number of hydrogen-bond acceptors (Lipinski definition) is 2. The fourth-order valence-corrected chi connectivity index (χ4v) is 1.92. The largest absolute Gasteiger partial charge is 0.456 e. The molecule has 0 N–H and O–H groups in total. The average molecular weight is 261 g/mol. The van der Waals surface area contributed by atoms with E-state index < -0.39 is 0 Å². The van der Waals surface area contributed by atoms with Crippen molar-refractivity contribution < 1.29 is 9.53 Å². The van der Waals surface area contributed by atoms with Gasteiger partial charge in [-0.3, -0.25) is 4.79 Å². The second-order valence-corrected chi connectivity index (χ2v) is 4.50. The summed E-state index contributed by atoms with van der Waals surface area (Å²) in [4.78, 5) is 11.5. The Labute approximate surface area is 111 Å². The van der Waals surface area contributed by atoms with Crippen LogP contribution in [0.4, 0.5) is 0 Å². The molecule has 0 unspecified atom stereocenters. The fourth-order valence-electron chi connectivity index (χ4n) is 1.69. The van der Waals surface area contributed by atoms with Crippen LogP contribution in [0.5, 0.6) is 11.5 Å². The van der Waals surface area contributed by atoms with Crippen molar-refractivity contribution in [2.24, 2.45) is 0 Å². The van der Waals surface area contributed by atoms with Crippen molar-refractivity contribution in [1.82, 2.24) is 0 Å². The van der Waals surface area contributed by atoms with Gasteiger partial charge < -0.3 is 4.74 Å². The summed E-state index contributed by atoms with van der Waals surface area (Å²) in [5.41, 5.74) is 1.51. The Hall–Kier alpha value is -1.80. The molecule has 0 spiro atoms. The number of para-hydroxylation sites is 1. The van der Waals surface area contributed by atoms with E-state index in [4.69, 9.17) is 16.3 Å². The molecule has 92 valence electrons. The van der Waals surface area contributed by atoms with Gasteiger partial charge in [-0.1, -0.05) is 23.7 Å². The smallest absolute Gasteiger partial charge is 0.163 e. The van der Waals surface area contributed by atoms with E-state index in [0.717, 1.165) is 5.56 Å². The topological polar surface area (TPSA) is 26.3 Å². The summed E-state index contributed by atoms with van der Waals surface area (Å²) in [5, 5.41) is 0.666. The van der Waals surface area contributed by atoms with Gasteiger partial charge in [0, 0.05) is 5.02 Å². The summed E-state index contributed by atoms with van der Waals surface area (Å²) in [5.74, 6) is 1.25. The summed E-state index contributed by atoms with van der Waals surface area (Å²) < 4.78 is 5.78. The Kier molecular flexibility index (Phi) is 3.68. The van der Waals surface area contributed by atoms with E-state index in [1.165, 1.54) is 6.92 Å². The van der Waals surface area contributed by atoms with E-state index in [0.29, 0.717) is 22.1 Å². The second-order valence-electron chi connectivity index (χ2n) is 4.06. The van der Waals surface area contributed by atoms with Crippen molar-refractivity contribution >= 4 is 17.4 Å². The Balaban J connectivity index is 2.37. The van der Waals surface area contributed by atoms with Crippen molar-refractivity contribution in [2.45, 2.75) is 13.8 Å².